The maximum atomic E-state index is 2.43. The van der Waals surface area contributed by atoms with Crippen LogP contribution in [0.4, 0.5) is 0 Å². The highest BCUT2D eigenvalue weighted by Gasteiger charge is 2.19. The van der Waals surface area contributed by atoms with Crippen molar-refractivity contribution in [1.29, 1.82) is 0 Å². The van der Waals surface area contributed by atoms with Crippen LogP contribution in [0.5, 0.6) is 0 Å². The molecule has 0 spiro atoms. The van der Waals surface area contributed by atoms with E-state index in [2.05, 4.69) is 231 Å². The van der Waals surface area contributed by atoms with Crippen molar-refractivity contribution in [1.82, 2.24) is 0 Å². The molecule has 0 radical (unpaired) electrons. The monoisotopic (exact) mass is 734 g/mol. The van der Waals surface area contributed by atoms with Gasteiger partial charge in [-0.15, -0.1) is 0 Å². The van der Waals surface area contributed by atoms with Gasteiger partial charge in [-0.1, -0.05) is 218 Å². The molecule has 0 unspecified atom stereocenters. The van der Waals surface area contributed by atoms with Crippen LogP contribution in [0.2, 0.25) is 0 Å². The molecule has 0 heteroatoms. The van der Waals surface area contributed by atoms with Gasteiger partial charge in [-0.25, -0.2) is 0 Å². The number of benzene rings is 11. The van der Waals surface area contributed by atoms with Crippen molar-refractivity contribution < 1.29 is 0 Å². The third-order valence-electron chi connectivity index (χ3n) is 11.9. The Balaban J connectivity index is 1.06. The van der Waals surface area contributed by atoms with Gasteiger partial charge in [0.05, 0.1) is 0 Å². The van der Waals surface area contributed by atoms with Crippen LogP contribution in [0, 0.1) is 0 Å². The van der Waals surface area contributed by atoms with Gasteiger partial charge in [0.25, 0.3) is 0 Å². The highest BCUT2D eigenvalue weighted by Crippen LogP contribution is 2.46. The third kappa shape index (κ3) is 5.86. The van der Waals surface area contributed by atoms with Crippen LogP contribution in [0.3, 0.4) is 0 Å². The first-order chi connectivity index (χ1) is 28.8. The van der Waals surface area contributed by atoms with E-state index in [4.69, 9.17) is 0 Å². The zero-order valence-electron chi connectivity index (χ0n) is 31.9. The lowest BCUT2D eigenvalue weighted by Gasteiger charge is -2.20. The average Bonchev–Trinajstić information content (AvgIpc) is 3.30. The van der Waals surface area contributed by atoms with E-state index in [0.717, 1.165) is 0 Å². The van der Waals surface area contributed by atoms with Gasteiger partial charge in [0.15, 0.2) is 0 Å². The van der Waals surface area contributed by atoms with Crippen LogP contribution >= 0.6 is 0 Å². The van der Waals surface area contributed by atoms with Crippen molar-refractivity contribution in [3.8, 4) is 66.8 Å². The molecule has 0 amide bonds. The first-order valence-electron chi connectivity index (χ1n) is 20.1. The van der Waals surface area contributed by atoms with Gasteiger partial charge < -0.3 is 0 Å². The Hall–Kier alpha value is -7.54. The van der Waals surface area contributed by atoms with Crippen molar-refractivity contribution >= 4 is 43.1 Å². The van der Waals surface area contributed by atoms with Gasteiger partial charge in [0.2, 0.25) is 0 Å². The minimum Gasteiger partial charge on any atom is -0.0622 e. The molecule has 0 saturated heterocycles. The van der Waals surface area contributed by atoms with Gasteiger partial charge in [-0.3, -0.25) is 0 Å². The Bertz CT molecular complexity index is 3240. The maximum Gasteiger partial charge on any atom is -0.00261 e. The Morgan fingerprint density at radius 1 is 0.172 bits per heavy atom. The van der Waals surface area contributed by atoms with Gasteiger partial charge in [0, 0.05) is 0 Å². The summed E-state index contributed by atoms with van der Waals surface area (Å²) in [4.78, 5) is 0. The normalized spacial score (nSPS) is 11.4. The minimum atomic E-state index is 1.19. The van der Waals surface area contributed by atoms with Crippen molar-refractivity contribution in [3.63, 3.8) is 0 Å². The number of rotatable bonds is 6. The van der Waals surface area contributed by atoms with Gasteiger partial charge in [0.1, 0.15) is 0 Å². The quantitative estimate of drug-likeness (QED) is 0.149. The first kappa shape index (κ1) is 33.8. The van der Waals surface area contributed by atoms with Crippen molar-refractivity contribution in [2.75, 3.05) is 0 Å². The minimum absolute atomic E-state index is 1.19. The molecule has 270 valence electrons. The molecule has 0 heterocycles. The van der Waals surface area contributed by atoms with Gasteiger partial charge in [-0.2, -0.15) is 0 Å². The molecular formula is C58H38. The van der Waals surface area contributed by atoms with E-state index in [1.807, 2.05) is 0 Å². The summed E-state index contributed by atoms with van der Waals surface area (Å²) in [7, 11) is 0. The lowest BCUT2D eigenvalue weighted by Crippen LogP contribution is -1.93. The highest BCUT2D eigenvalue weighted by molar-refractivity contribution is 6.21. The van der Waals surface area contributed by atoms with Crippen molar-refractivity contribution in [2.24, 2.45) is 0 Å². The molecular weight excluding hydrogens is 697 g/mol. The highest BCUT2D eigenvalue weighted by atomic mass is 14.2. The molecule has 0 atom stereocenters. The molecule has 0 aliphatic rings. The van der Waals surface area contributed by atoms with Crippen LogP contribution in [0.15, 0.2) is 231 Å². The largest absolute Gasteiger partial charge is 0.0622 e. The molecule has 11 aromatic carbocycles. The van der Waals surface area contributed by atoms with Crippen LogP contribution in [0.1, 0.15) is 0 Å². The Kier molecular flexibility index (Phi) is 8.26. The van der Waals surface area contributed by atoms with Crippen molar-refractivity contribution in [2.45, 2.75) is 0 Å². The SMILES string of the molecule is c1ccc(-c2c3ccccc3c(-c3ccc(-c4cccc5ccccc45)c(-c4ccc(-c5ccc(-c6ccc7ccccc7c6)cc5)cc4)c3)c3ccccc23)cc1. The van der Waals surface area contributed by atoms with E-state index in [9.17, 15) is 0 Å². The molecule has 0 saturated carbocycles. The Morgan fingerprint density at radius 3 is 1.26 bits per heavy atom. The molecule has 0 aliphatic carbocycles. The first-order valence-corrected chi connectivity index (χ1v) is 20.1. The Labute approximate surface area is 339 Å². The average molecular weight is 735 g/mol. The fourth-order valence-electron chi connectivity index (χ4n) is 9.06. The Morgan fingerprint density at radius 2 is 0.621 bits per heavy atom. The van der Waals surface area contributed by atoms with Crippen LogP contribution < -0.4 is 0 Å². The maximum absolute atomic E-state index is 2.43. The number of fused-ring (bicyclic) bond motifs is 4. The predicted molar refractivity (Wildman–Crippen MR) is 249 cm³/mol. The summed E-state index contributed by atoms with van der Waals surface area (Å²) in [5.41, 5.74) is 14.7. The van der Waals surface area contributed by atoms with E-state index < -0.39 is 0 Å². The van der Waals surface area contributed by atoms with E-state index in [1.165, 1.54) is 110 Å². The summed E-state index contributed by atoms with van der Waals surface area (Å²) < 4.78 is 0. The smallest absolute Gasteiger partial charge is 0.00261 e. The van der Waals surface area contributed by atoms with Crippen LogP contribution in [-0.4, -0.2) is 0 Å². The standard InChI is InChI=1S/C58H38/c1-2-15-45(16-3-1)57-52-20-8-10-22-54(52)58(55-23-11-9-21-53(55)57)48-35-36-51(50-24-12-18-43-14-6-7-19-49(43)50)56(38-48)44-32-29-41(30-33-44)40-25-27-42(28-26-40)47-34-31-39-13-4-5-17-46(39)37-47/h1-38H. The van der Waals surface area contributed by atoms with E-state index in [-0.39, 0.29) is 0 Å². The van der Waals surface area contributed by atoms with Gasteiger partial charge in [-0.05, 0) is 122 Å². The van der Waals surface area contributed by atoms with Crippen molar-refractivity contribution in [3.05, 3.63) is 231 Å². The topological polar surface area (TPSA) is 0 Å². The zero-order valence-corrected chi connectivity index (χ0v) is 31.9. The molecule has 0 N–H and O–H groups in total. The molecule has 0 nitrogen and oxygen atoms in total. The molecule has 0 aromatic heterocycles. The fourth-order valence-corrected chi connectivity index (χ4v) is 9.06. The summed E-state index contributed by atoms with van der Waals surface area (Å²) in [5.74, 6) is 0. The molecule has 11 aromatic rings. The number of hydrogen-bond donors (Lipinski definition) is 0. The van der Waals surface area contributed by atoms with Gasteiger partial charge >= 0.3 is 0 Å². The number of hydrogen-bond acceptors (Lipinski definition) is 0. The molecule has 0 fully saturated rings. The second-order valence-corrected chi connectivity index (χ2v) is 15.2. The molecule has 58 heavy (non-hydrogen) atoms. The second kappa shape index (κ2) is 14.2. The summed E-state index contributed by atoms with van der Waals surface area (Å²) in [6.45, 7) is 0. The molecule has 0 bridgehead atoms. The summed E-state index contributed by atoms with van der Waals surface area (Å²) >= 11 is 0. The predicted octanol–water partition coefficient (Wildman–Crippen LogP) is 16.3. The summed E-state index contributed by atoms with van der Waals surface area (Å²) in [5, 5.41) is 10.1. The lowest BCUT2D eigenvalue weighted by molar-refractivity contribution is 1.57. The molecule has 11 rings (SSSR count). The molecule has 0 aliphatic heterocycles. The van der Waals surface area contributed by atoms with E-state index >= 15 is 0 Å². The summed E-state index contributed by atoms with van der Waals surface area (Å²) in [6, 6.07) is 84.6. The lowest BCUT2D eigenvalue weighted by atomic mass is 9.84. The van der Waals surface area contributed by atoms with Crippen LogP contribution in [-0.2, 0) is 0 Å². The van der Waals surface area contributed by atoms with Crippen LogP contribution in [0.25, 0.3) is 110 Å². The fraction of sp³-hybridized carbons (Fsp3) is 0. The summed E-state index contributed by atoms with van der Waals surface area (Å²) in [6.07, 6.45) is 0. The zero-order chi connectivity index (χ0) is 38.4. The second-order valence-electron chi connectivity index (χ2n) is 15.2. The third-order valence-corrected chi connectivity index (χ3v) is 11.9. The van der Waals surface area contributed by atoms with E-state index in [1.54, 1.807) is 0 Å². The van der Waals surface area contributed by atoms with E-state index in [0.29, 0.717) is 0 Å².